The van der Waals surface area contributed by atoms with E-state index in [1.807, 2.05) is 0 Å². The summed E-state index contributed by atoms with van der Waals surface area (Å²) in [5.74, 6) is -0.489. The van der Waals surface area contributed by atoms with Crippen LogP contribution >= 0.6 is 0 Å². The number of benzene rings is 1. The quantitative estimate of drug-likeness (QED) is 0.708. The van der Waals surface area contributed by atoms with Gasteiger partial charge in [-0.05, 0) is 12.1 Å². The normalized spacial score (nSPS) is 10.5. The molecule has 2 rings (SSSR count). The monoisotopic (exact) mass is 249 g/mol. The summed E-state index contributed by atoms with van der Waals surface area (Å²) in [6, 6.07) is 6.55. The van der Waals surface area contributed by atoms with E-state index in [9.17, 15) is 14.4 Å². The molecule has 0 bridgehead atoms. The average Bonchev–Trinajstić information content (AvgIpc) is 2.35. The Bertz CT molecular complexity index is 701. The third-order valence-corrected chi connectivity index (χ3v) is 2.42. The molecule has 1 aromatic heterocycles. The Morgan fingerprint density at radius 2 is 2.11 bits per heavy atom. The van der Waals surface area contributed by atoms with Gasteiger partial charge in [-0.2, -0.15) is 0 Å². The predicted octanol–water partition coefficient (Wildman–Crippen LogP) is -0.633. The molecule has 0 fully saturated rings. The molecule has 0 radical (unpaired) electrons. The highest BCUT2D eigenvalue weighted by atomic mass is 16.6. The van der Waals surface area contributed by atoms with E-state index in [0.29, 0.717) is 10.9 Å². The van der Waals surface area contributed by atoms with E-state index in [-0.39, 0.29) is 6.54 Å². The lowest BCUT2D eigenvalue weighted by atomic mass is 10.2. The van der Waals surface area contributed by atoms with Crippen LogP contribution < -0.4 is 16.7 Å². The highest BCUT2D eigenvalue weighted by Crippen LogP contribution is 2.06. The lowest BCUT2D eigenvalue weighted by Gasteiger charge is -2.08. The van der Waals surface area contributed by atoms with Crippen molar-refractivity contribution >= 4 is 16.8 Å². The molecule has 18 heavy (non-hydrogen) atoms. The number of nitrogens with one attached hydrogen (secondary N) is 2. The van der Waals surface area contributed by atoms with Crippen LogP contribution in [0.4, 0.5) is 0 Å². The van der Waals surface area contributed by atoms with Crippen LogP contribution in [-0.2, 0) is 16.2 Å². The van der Waals surface area contributed by atoms with Crippen LogP contribution in [0.15, 0.2) is 33.9 Å². The van der Waals surface area contributed by atoms with Gasteiger partial charge in [0.2, 0.25) is 0 Å². The summed E-state index contributed by atoms with van der Waals surface area (Å²) < 4.78 is 1.17. The lowest BCUT2D eigenvalue weighted by Crippen LogP contribution is -2.36. The van der Waals surface area contributed by atoms with Gasteiger partial charge in [0.25, 0.3) is 11.5 Å². The van der Waals surface area contributed by atoms with Gasteiger partial charge < -0.3 is 0 Å². The van der Waals surface area contributed by atoms with E-state index in [2.05, 4.69) is 15.3 Å². The van der Waals surface area contributed by atoms with Crippen molar-refractivity contribution in [3.8, 4) is 0 Å². The number of para-hydroxylation sites is 1. The maximum absolute atomic E-state index is 11.7. The maximum atomic E-state index is 11.7. The van der Waals surface area contributed by atoms with Gasteiger partial charge in [-0.25, -0.2) is 10.3 Å². The van der Waals surface area contributed by atoms with Gasteiger partial charge in [0.15, 0.2) is 0 Å². The Morgan fingerprint density at radius 1 is 1.39 bits per heavy atom. The SMILES string of the molecule is CONC(=O)Cn1c(=O)[nH]c(=O)c2ccccc21. The number of amides is 1. The van der Waals surface area contributed by atoms with Crippen molar-refractivity contribution in [1.29, 1.82) is 0 Å². The van der Waals surface area contributed by atoms with Gasteiger partial charge in [-0.15, -0.1) is 0 Å². The van der Waals surface area contributed by atoms with Gasteiger partial charge in [0, 0.05) is 0 Å². The van der Waals surface area contributed by atoms with E-state index in [1.165, 1.54) is 11.7 Å². The minimum absolute atomic E-state index is 0.232. The first-order chi connectivity index (χ1) is 8.63. The minimum Gasteiger partial charge on any atom is -0.284 e. The molecule has 0 aliphatic heterocycles. The highest BCUT2D eigenvalue weighted by molar-refractivity contribution is 5.81. The predicted molar refractivity (Wildman–Crippen MR) is 64.0 cm³/mol. The fourth-order valence-corrected chi connectivity index (χ4v) is 1.69. The smallest absolute Gasteiger partial charge is 0.284 e. The molecule has 1 aromatic carbocycles. The Labute approximate surface area is 101 Å². The molecule has 2 N–H and O–H groups in total. The molecule has 0 atom stereocenters. The van der Waals surface area contributed by atoms with Crippen LogP contribution in [0.1, 0.15) is 0 Å². The molecule has 0 saturated heterocycles. The number of fused-ring (bicyclic) bond motifs is 1. The third-order valence-electron chi connectivity index (χ3n) is 2.42. The van der Waals surface area contributed by atoms with Crippen molar-refractivity contribution in [2.24, 2.45) is 0 Å². The summed E-state index contributed by atoms with van der Waals surface area (Å²) in [7, 11) is 1.30. The van der Waals surface area contributed by atoms with E-state index in [1.54, 1.807) is 24.3 Å². The summed E-state index contributed by atoms with van der Waals surface area (Å²) in [4.78, 5) is 41.3. The molecule has 1 heterocycles. The molecule has 0 saturated carbocycles. The fraction of sp³-hybridized carbons (Fsp3) is 0.182. The number of hydrogen-bond acceptors (Lipinski definition) is 4. The number of aromatic nitrogens is 2. The van der Waals surface area contributed by atoms with Crippen molar-refractivity contribution in [3.05, 3.63) is 45.1 Å². The zero-order valence-corrected chi connectivity index (χ0v) is 9.60. The second kappa shape index (κ2) is 4.84. The van der Waals surface area contributed by atoms with Crippen LogP contribution in [0.3, 0.4) is 0 Å². The highest BCUT2D eigenvalue weighted by Gasteiger charge is 2.10. The Morgan fingerprint density at radius 3 is 2.83 bits per heavy atom. The van der Waals surface area contributed by atoms with Crippen molar-refractivity contribution in [2.75, 3.05) is 7.11 Å². The molecule has 0 spiro atoms. The van der Waals surface area contributed by atoms with E-state index < -0.39 is 17.2 Å². The summed E-state index contributed by atoms with van der Waals surface area (Å²) in [6.07, 6.45) is 0. The number of carbonyl (C=O) groups excluding carboxylic acids is 1. The Hall–Kier alpha value is -2.41. The molecule has 1 amide bonds. The molecule has 0 unspecified atom stereocenters. The Balaban J connectivity index is 2.60. The Kier molecular flexibility index (Phi) is 3.24. The first-order valence-electron chi connectivity index (χ1n) is 5.17. The standard InChI is InChI=1S/C11H11N3O4/c1-18-13-9(15)6-14-8-5-3-2-4-7(8)10(16)12-11(14)17/h2-5H,6H2,1H3,(H,13,15)(H,12,16,17). The molecule has 7 heteroatoms. The third kappa shape index (κ3) is 2.16. The molecule has 94 valence electrons. The van der Waals surface area contributed by atoms with Gasteiger partial charge in [-0.3, -0.25) is 24.0 Å². The largest absolute Gasteiger partial charge is 0.329 e. The number of hydrogen-bond donors (Lipinski definition) is 2. The number of hydroxylamine groups is 1. The molecule has 2 aromatic rings. The number of H-pyrrole nitrogens is 1. The molecule has 0 aliphatic rings. The van der Waals surface area contributed by atoms with Crippen LogP contribution in [0.2, 0.25) is 0 Å². The van der Waals surface area contributed by atoms with E-state index in [0.717, 1.165) is 0 Å². The van der Waals surface area contributed by atoms with Crippen molar-refractivity contribution < 1.29 is 9.63 Å². The van der Waals surface area contributed by atoms with Crippen molar-refractivity contribution in [1.82, 2.24) is 15.0 Å². The number of rotatable bonds is 3. The minimum atomic E-state index is -0.634. The maximum Gasteiger partial charge on any atom is 0.329 e. The molecular weight excluding hydrogens is 238 g/mol. The first-order valence-corrected chi connectivity index (χ1v) is 5.17. The van der Waals surface area contributed by atoms with E-state index >= 15 is 0 Å². The second-order valence-corrected chi connectivity index (χ2v) is 3.59. The second-order valence-electron chi connectivity index (χ2n) is 3.59. The number of aromatic amines is 1. The summed E-state index contributed by atoms with van der Waals surface area (Å²) >= 11 is 0. The zero-order valence-electron chi connectivity index (χ0n) is 9.60. The summed E-state index contributed by atoms with van der Waals surface area (Å²) in [6.45, 7) is -0.232. The van der Waals surface area contributed by atoms with Gasteiger partial charge >= 0.3 is 5.69 Å². The molecular formula is C11H11N3O4. The average molecular weight is 249 g/mol. The summed E-state index contributed by atoms with van der Waals surface area (Å²) in [5.41, 5.74) is 1.40. The van der Waals surface area contributed by atoms with Crippen LogP contribution in [0.25, 0.3) is 10.9 Å². The van der Waals surface area contributed by atoms with Crippen LogP contribution in [0.5, 0.6) is 0 Å². The zero-order chi connectivity index (χ0) is 13.1. The first kappa shape index (κ1) is 12.1. The van der Waals surface area contributed by atoms with Crippen molar-refractivity contribution in [3.63, 3.8) is 0 Å². The van der Waals surface area contributed by atoms with Gasteiger partial charge in [0.1, 0.15) is 6.54 Å². The number of nitrogens with zero attached hydrogens (tertiary/aromatic N) is 1. The van der Waals surface area contributed by atoms with E-state index in [4.69, 9.17) is 0 Å². The fourth-order valence-electron chi connectivity index (χ4n) is 1.69. The van der Waals surface area contributed by atoms with Crippen LogP contribution in [0, 0.1) is 0 Å². The lowest BCUT2D eigenvalue weighted by molar-refractivity contribution is -0.131. The molecule has 0 aliphatic carbocycles. The number of carbonyl (C=O) groups is 1. The van der Waals surface area contributed by atoms with Crippen LogP contribution in [-0.4, -0.2) is 22.6 Å². The topological polar surface area (TPSA) is 93.2 Å². The van der Waals surface area contributed by atoms with Gasteiger partial charge in [0.05, 0.1) is 18.0 Å². The molecule has 7 nitrogen and oxygen atoms in total. The van der Waals surface area contributed by atoms with Gasteiger partial charge in [-0.1, -0.05) is 12.1 Å². The summed E-state index contributed by atoms with van der Waals surface area (Å²) in [5, 5.41) is 0.349. The van der Waals surface area contributed by atoms with Crippen molar-refractivity contribution in [2.45, 2.75) is 6.54 Å².